The van der Waals surface area contributed by atoms with Crippen molar-refractivity contribution in [2.75, 3.05) is 39.3 Å². The topological polar surface area (TPSA) is 36.3 Å². The first-order valence-corrected chi connectivity index (χ1v) is 11.1. The van der Waals surface area contributed by atoms with Gasteiger partial charge in [-0.05, 0) is 30.0 Å². The summed E-state index contributed by atoms with van der Waals surface area (Å²) in [4.78, 5) is 6.53. The molecule has 154 valence electrons. The van der Waals surface area contributed by atoms with Crippen LogP contribution in [0.3, 0.4) is 0 Å². The van der Waals surface area contributed by atoms with Gasteiger partial charge in [0.2, 0.25) is 0 Å². The van der Waals surface area contributed by atoms with Gasteiger partial charge in [-0.1, -0.05) is 24.3 Å². The third kappa shape index (κ3) is 4.57. The second-order valence-corrected chi connectivity index (χ2v) is 8.67. The highest BCUT2D eigenvalue weighted by molar-refractivity contribution is 7.13. The minimum atomic E-state index is 0. The Morgan fingerprint density at radius 3 is 2.62 bits per heavy atom. The van der Waals surface area contributed by atoms with Crippen molar-refractivity contribution >= 4 is 23.7 Å². The van der Waals surface area contributed by atoms with Crippen LogP contribution in [0.15, 0.2) is 54.0 Å². The molecule has 0 amide bonds. The summed E-state index contributed by atoms with van der Waals surface area (Å²) >= 11 is 1.77. The van der Waals surface area contributed by atoms with Crippen LogP contribution in [-0.4, -0.2) is 64.9 Å². The minimum absolute atomic E-state index is 0. The molecule has 1 N–H and O–H groups in total. The number of piperazine rings is 1. The van der Waals surface area contributed by atoms with Gasteiger partial charge in [0, 0.05) is 63.6 Å². The number of nitrogens with one attached hydrogen (secondary N) is 1. The molecule has 5 nitrogen and oxygen atoms in total. The molecule has 2 aromatic heterocycles. The minimum Gasteiger partial charge on any atom is -0.314 e. The summed E-state index contributed by atoms with van der Waals surface area (Å²) in [5.74, 6) is 0. The SMILES string of the molecule is Cl.c1ccc(-n2cc(CN3CCC(N4CCNCC4)C3)c(-c3cccs3)n2)cc1. The first kappa shape index (κ1) is 20.6. The number of nitrogens with zero attached hydrogens (tertiary/aromatic N) is 4. The molecule has 0 radical (unpaired) electrons. The predicted molar refractivity (Wildman–Crippen MR) is 122 cm³/mol. The van der Waals surface area contributed by atoms with Crippen LogP contribution < -0.4 is 5.32 Å². The van der Waals surface area contributed by atoms with E-state index in [2.05, 4.69) is 69.2 Å². The van der Waals surface area contributed by atoms with Gasteiger partial charge in [0.15, 0.2) is 0 Å². The van der Waals surface area contributed by atoms with Crippen molar-refractivity contribution in [1.82, 2.24) is 24.9 Å². The largest absolute Gasteiger partial charge is 0.314 e. The zero-order valence-corrected chi connectivity index (χ0v) is 18.2. The maximum absolute atomic E-state index is 4.96. The van der Waals surface area contributed by atoms with Gasteiger partial charge < -0.3 is 5.32 Å². The number of rotatable bonds is 5. The van der Waals surface area contributed by atoms with E-state index in [1.165, 1.54) is 43.0 Å². The van der Waals surface area contributed by atoms with Gasteiger partial charge >= 0.3 is 0 Å². The Labute approximate surface area is 182 Å². The highest BCUT2D eigenvalue weighted by atomic mass is 35.5. The monoisotopic (exact) mass is 429 g/mol. The van der Waals surface area contributed by atoms with Crippen molar-refractivity contribution in [3.8, 4) is 16.3 Å². The van der Waals surface area contributed by atoms with Gasteiger partial charge in [0.1, 0.15) is 5.69 Å². The van der Waals surface area contributed by atoms with E-state index < -0.39 is 0 Å². The molecule has 29 heavy (non-hydrogen) atoms. The van der Waals surface area contributed by atoms with E-state index >= 15 is 0 Å². The number of hydrogen-bond acceptors (Lipinski definition) is 5. The number of aromatic nitrogens is 2. The standard InChI is InChI=1S/C22H27N5S.ClH/c1-2-5-19(6-3-1)27-16-18(22(24-27)21-7-4-14-28-21)15-25-11-8-20(17-25)26-12-9-23-10-13-26;/h1-7,14,16,20,23H,8-13,15,17H2;1H. The van der Waals surface area contributed by atoms with E-state index in [1.54, 1.807) is 11.3 Å². The predicted octanol–water partition coefficient (Wildman–Crippen LogP) is 3.50. The lowest BCUT2D eigenvalue weighted by molar-refractivity contribution is 0.170. The Hall–Kier alpha value is -1.70. The van der Waals surface area contributed by atoms with Crippen molar-refractivity contribution in [2.45, 2.75) is 19.0 Å². The molecule has 5 rings (SSSR count). The Morgan fingerprint density at radius 1 is 1.03 bits per heavy atom. The van der Waals surface area contributed by atoms with Gasteiger partial charge in [-0.15, -0.1) is 23.7 Å². The van der Waals surface area contributed by atoms with Crippen molar-refractivity contribution in [1.29, 1.82) is 0 Å². The van der Waals surface area contributed by atoms with Crippen LogP contribution in [0, 0.1) is 0 Å². The van der Waals surface area contributed by atoms with Gasteiger partial charge in [-0.2, -0.15) is 5.10 Å². The summed E-state index contributed by atoms with van der Waals surface area (Å²) in [5.41, 5.74) is 3.57. The smallest absolute Gasteiger partial charge is 0.107 e. The fourth-order valence-corrected chi connectivity index (χ4v) is 5.15. The molecule has 0 spiro atoms. The molecular weight excluding hydrogens is 402 g/mol. The number of halogens is 1. The second-order valence-electron chi connectivity index (χ2n) is 7.72. The lowest BCUT2D eigenvalue weighted by atomic mass is 10.2. The van der Waals surface area contributed by atoms with Crippen LogP contribution in [0.4, 0.5) is 0 Å². The first-order chi connectivity index (χ1) is 13.9. The first-order valence-electron chi connectivity index (χ1n) is 10.2. The molecule has 0 aliphatic carbocycles. The van der Waals surface area contributed by atoms with E-state index in [0.29, 0.717) is 6.04 Å². The summed E-state index contributed by atoms with van der Waals surface area (Å²) in [6, 6.07) is 15.4. The van der Waals surface area contributed by atoms with Gasteiger partial charge in [-0.3, -0.25) is 9.80 Å². The molecule has 1 unspecified atom stereocenters. The van der Waals surface area contributed by atoms with E-state index in [-0.39, 0.29) is 12.4 Å². The molecule has 1 atom stereocenters. The number of hydrogen-bond donors (Lipinski definition) is 1. The van der Waals surface area contributed by atoms with Gasteiger partial charge in [-0.25, -0.2) is 4.68 Å². The summed E-state index contributed by atoms with van der Waals surface area (Å²) in [7, 11) is 0. The van der Waals surface area contributed by atoms with E-state index in [4.69, 9.17) is 5.10 Å². The number of likely N-dealkylation sites (tertiary alicyclic amines) is 1. The molecule has 7 heteroatoms. The summed E-state index contributed by atoms with van der Waals surface area (Å²) in [5, 5.41) is 10.6. The lowest BCUT2D eigenvalue weighted by Crippen LogP contribution is -2.49. The van der Waals surface area contributed by atoms with Crippen molar-refractivity contribution in [2.24, 2.45) is 0 Å². The molecule has 0 saturated carbocycles. The molecule has 2 aliphatic rings. The average molecular weight is 430 g/mol. The Morgan fingerprint density at radius 2 is 1.86 bits per heavy atom. The number of para-hydroxylation sites is 1. The average Bonchev–Trinajstić information content (AvgIpc) is 3.51. The zero-order chi connectivity index (χ0) is 18.8. The summed E-state index contributed by atoms with van der Waals surface area (Å²) < 4.78 is 2.04. The Balaban J connectivity index is 0.00000205. The van der Waals surface area contributed by atoms with Crippen LogP contribution in [-0.2, 0) is 6.54 Å². The van der Waals surface area contributed by atoms with Gasteiger partial charge in [0.25, 0.3) is 0 Å². The molecule has 2 aliphatic heterocycles. The van der Waals surface area contributed by atoms with Crippen LogP contribution in [0.25, 0.3) is 16.3 Å². The van der Waals surface area contributed by atoms with Crippen LogP contribution in [0.1, 0.15) is 12.0 Å². The Kier molecular flexibility index (Phi) is 6.67. The molecule has 1 aromatic carbocycles. The zero-order valence-electron chi connectivity index (χ0n) is 16.5. The maximum Gasteiger partial charge on any atom is 0.107 e. The molecule has 4 heterocycles. The molecule has 2 saturated heterocycles. The quantitative estimate of drug-likeness (QED) is 0.673. The highest BCUT2D eigenvalue weighted by Gasteiger charge is 2.29. The summed E-state index contributed by atoms with van der Waals surface area (Å²) in [6.07, 6.45) is 3.50. The van der Waals surface area contributed by atoms with Crippen molar-refractivity contribution in [3.63, 3.8) is 0 Å². The molecule has 0 bridgehead atoms. The van der Waals surface area contributed by atoms with Crippen LogP contribution in [0.2, 0.25) is 0 Å². The molecule has 2 fully saturated rings. The Bertz CT molecular complexity index is 889. The number of benzene rings is 1. The maximum atomic E-state index is 4.96. The van der Waals surface area contributed by atoms with E-state index in [9.17, 15) is 0 Å². The third-order valence-corrected chi connectivity index (χ3v) is 6.75. The fraction of sp³-hybridized carbons (Fsp3) is 0.409. The van der Waals surface area contributed by atoms with Crippen LogP contribution >= 0.6 is 23.7 Å². The fourth-order valence-electron chi connectivity index (χ4n) is 4.40. The molecule has 3 aromatic rings. The molecular formula is C22H28ClN5S. The van der Waals surface area contributed by atoms with Gasteiger partial charge in [0.05, 0.1) is 10.6 Å². The van der Waals surface area contributed by atoms with E-state index in [1.807, 2.05) is 4.68 Å². The third-order valence-electron chi connectivity index (χ3n) is 5.87. The van der Waals surface area contributed by atoms with Crippen LogP contribution in [0.5, 0.6) is 0 Å². The van der Waals surface area contributed by atoms with E-state index in [0.717, 1.165) is 31.0 Å². The summed E-state index contributed by atoms with van der Waals surface area (Å²) in [6.45, 7) is 7.94. The lowest BCUT2D eigenvalue weighted by Gasteiger charge is -2.32. The highest BCUT2D eigenvalue weighted by Crippen LogP contribution is 2.29. The second kappa shape index (κ2) is 9.41. The number of thiophene rings is 1. The van der Waals surface area contributed by atoms with Crippen molar-refractivity contribution in [3.05, 3.63) is 59.6 Å². The van der Waals surface area contributed by atoms with Crippen molar-refractivity contribution < 1.29 is 0 Å². The normalized spacial score (nSPS) is 20.6.